The molecule has 0 unspecified atom stereocenters. The van der Waals surface area contributed by atoms with E-state index in [4.69, 9.17) is 4.74 Å². The molecular formula is C16H22N4O. The smallest absolute Gasteiger partial charge is 0.191 e. The maximum atomic E-state index is 5.04. The molecule has 1 heterocycles. The van der Waals surface area contributed by atoms with Crippen LogP contribution in [0.5, 0.6) is 0 Å². The van der Waals surface area contributed by atoms with Gasteiger partial charge in [0.1, 0.15) is 0 Å². The van der Waals surface area contributed by atoms with Gasteiger partial charge >= 0.3 is 0 Å². The average Bonchev–Trinajstić information content (AvgIpc) is 2.53. The van der Waals surface area contributed by atoms with Crippen molar-refractivity contribution in [2.24, 2.45) is 4.99 Å². The van der Waals surface area contributed by atoms with Gasteiger partial charge in [-0.25, -0.2) is 4.99 Å². The molecule has 0 radical (unpaired) electrons. The average molecular weight is 286 g/mol. The van der Waals surface area contributed by atoms with Crippen molar-refractivity contribution in [1.82, 2.24) is 15.6 Å². The number of rotatable bonds is 6. The molecule has 112 valence electrons. The fourth-order valence-electron chi connectivity index (χ4n) is 2.07. The van der Waals surface area contributed by atoms with E-state index in [0.717, 1.165) is 30.0 Å². The van der Waals surface area contributed by atoms with Gasteiger partial charge in [-0.1, -0.05) is 18.2 Å². The third-order valence-corrected chi connectivity index (χ3v) is 3.09. The first-order valence-electron chi connectivity index (χ1n) is 7.19. The molecule has 0 aliphatic heterocycles. The number of nitrogens with one attached hydrogen (secondary N) is 2. The molecule has 0 spiro atoms. The molecule has 21 heavy (non-hydrogen) atoms. The van der Waals surface area contributed by atoms with Crippen molar-refractivity contribution in [3.63, 3.8) is 0 Å². The number of hydrogen-bond donors (Lipinski definition) is 2. The molecule has 0 aliphatic carbocycles. The topological polar surface area (TPSA) is 58.5 Å². The molecule has 1 aromatic carbocycles. The molecule has 2 aromatic rings. The molecule has 0 atom stereocenters. The lowest BCUT2D eigenvalue weighted by Crippen LogP contribution is -2.38. The SMILES string of the molecule is CCNC(=NCc1ccnc2ccccc12)NCCOC. The van der Waals surface area contributed by atoms with Crippen molar-refractivity contribution in [3.05, 3.63) is 42.1 Å². The highest BCUT2D eigenvalue weighted by molar-refractivity contribution is 5.83. The van der Waals surface area contributed by atoms with Crippen LogP contribution < -0.4 is 10.6 Å². The van der Waals surface area contributed by atoms with Crippen LogP contribution in [-0.4, -0.2) is 37.7 Å². The van der Waals surface area contributed by atoms with Gasteiger partial charge in [-0.05, 0) is 24.6 Å². The van der Waals surface area contributed by atoms with E-state index < -0.39 is 0 Å². The molecule has 5 nitrogen and oxygen atoms in total. The number of fused-ring (bicyclic) bond motifs is 1. The molecule has 0 aliphatic rings. The first kappa shape index (κ1) is 15.3. The monoisotopic (exact) mass is 286 g/mol. The minimum absolute atomic E-state index is 0.616. The van der Waals surface area contributed by atoms with Crippen LogP contribution >= 0.6 is 0 Å². The minimum atomic E-state index is 0.616. The van der Waals surface area contributed by atoms with Gasteiger partial charge in [-0.15, -0.1) is 0 Å². The van der Waals surface area contributed by atoms with Gasteiger partial charge in [0.2, 0.25) is 0 Å². The summed E-state index contributed by atoms with van der Waals surface area (Å²) < 4.78 is 5.04. The van der Waals surface area contributed by atoms with Gasteiger partial charge in [-0.2, -0.15) is 0 Å². The van der Waals surface area contributed by atoms with E-state index >= 15 is 0 Å². The van der Waals surface area contributed by atoms with Crippen molar-refractivity contribution in [1.29, 1.82) is 0 Å². The van der Waals surface area contributed by atoms with E-state index in [2.05, 4.69) is 33.6 Å². The van der Waals surface area contributed by atoms with Crippen LogP contribution in [0.25, 0.3) is 10.9 Å². The molecule has 0 bridgehead atoms. The first-order valence-corrected chi connectivity index (χ1v) is 7.19. The lowest BCUT2D eigenvalue weighted by Gasteiger charge is -2.11. The van der Waals surface area contributed by atoms with E-state index in [-0.39, 0.29) is 0 Å². The Bertz CT molecular complexity index is 592. The summed E-state index contributed by atoms with van der Waals surface area (Å²) in [5.41, 5.74) is 2.17. The summed E-state index contributed by atoms with van der Waals surface area (Å²) in [7, 11) is 1.69. The zero-order chi connectivity index (χ0) is 14.9. The van der Waals surface area contributed by atoms with Crippen molar-refractivity contribution >= 4 is 16.9 Å². The Morgan fingerprint density at radius 2 is 2.10 bits per heavy atom. The highest BCUT2D eigenvalue weighted by atomic mass is 16.5. The summed E-state index contributed by atoms with van der Waals surface area (Å²) >= 11 is 0. The molecular weight excluding hydrogens is 264 g/mol. The molecule has 0 fully saturated rings. The highest BCUT2D eigenvalue weighted by Gasteiger charge is 2.01. The summed E-state index contributed by atoms with van der Waals surface area (Å²) in [6, 6.07) is 10.1. The van der Waals surface area contributed by atoms with Crippen LogP contribution in [-0.2, 0) is 11.3 Å². The second kappa shape index (κ2) is 8.21. The Labute approximate surface area is 125 Å². The number of ether oxygens (including phenoxy) is 1. The molecule has 5 heteroatoms. The number of methoxy groups -OCH3 is 1. The Morgan fingerprint density at radius 1 is 1.24 bits per heavy atom. The first-order chi connectivity index (χ1) is 10.3. The van der Waals surface area contributed by atoms with Gasteiger partial charge < -0.3 is 15.4 Å². The van der Waals surface area contributed by atoms with Gasteiger partial charge in [0.25, 0.3) is 0 Å². The Balaban J connectivity index is 2.11. The summed E-state index contributed by atoms with van der Waals surface area (Å²) in [5, 5.41) is 7.62. The lowest BCUT2D eigenvalue weighted by atomic mass is 10.1. The zero-order valence-corrected chi connectivity index (χ0v) is 12.6. The standard InChI is InChI=1S/C16H22N4O/c1-3-17-16(19-10-11-21-2)20-12-13-8-9-18-15-7-5-4-6-14(13)15/h4-9H,3,10-12H2,1-2H3,(H2,17,19,20). The highest BCUT2D eigenvalue weighted by Crippen LogP contribution is 2.16. The zero-order valence-electron chi connectivity index (χ0n) is 12.6. The lowest BCUT2D eigenvalue weighted by molar-refractivity contribution is 0.203. The van der Waals surface area contributed by atoms with Gasteiger partial charge in [-0.3, -0.25) is 4.98 Å². The Hall–Kier alpha value is -2.14. The molecule has 0 saturated carbocycles. The maximum Gasteiger partial charge on any atom is 0.191 e. The summed E-state index contributed by atoms with van der Waals surface area (Å²) in [5.74, 6) is 0.801. The predicted octanol–water partition coefficient (Wildman–Crippen LogP) is 1.94. The second-order valence-corrected chi connectivity index (χ2v) is 4.60. The fraction of sp³-hybridized carbons (Fsp3) is 0.375. The van der Waals surface area contributed by atoms with Crippen molar-refractivity contribution < 1.29 is 4.74 Å². The Kier molecular flexibility index (Phi) is 5.97. The number of nitrogens with zero attached hydrogens (tertiary/aromatic N) is 2. The van der Waals surface area contributed by atoms with Crippen LogP contribution in [0.2, 0.25) is 0 Å². The van der Waals surface area contributed by atoms with Crippen LogP contribution in [0.15, 0.2) is 41.5 Å². The Morgan fingerprint density at radius 3 is 2.90 bits per heavy atom. The number of pyridine rings is 1. The van der Waals surface area contributed by atoms with Crippen LogP contribution in [0, 0.1) is 0 Å². The van der Waals surface area contributed by atoms with E-state index in [9.17, 15) is 0 Å². The molecule has 2 N–H and O–H groups in total. The van der Waals surface area contributed by atoms with E-state index in [0.29, 0.717) is 13.2 Å². The van der Waals surface area contributed by atoms with E-state index in [1.165, 1.54) is 5.56 Å². The normalized spacial score (nSPS) is 11.6. The summed E-state index contributed by atoms with van der Waals surface area (Å²) in [6.45, 7) is 4.89. The largest absolute Gasteiger partial charge is 0.383 e. The fourth-order valence-corrected chi connectivity index (χ4v) is 2.07. The van der Waals surface area contributed by atoms with E-state index in [1.807, 2.05) is 30.5 Å². The number of benzene rings is 1. The van der Waals surface area contributed by atoms with Gasteiger partial charge in [0.15, 0.2) is 5.96 Å². The summed E-state index contributed by atoms with van der Waals surface area (Å²) in [6.07, 6.45) is 1.83. The summed E-state index contributed by atoms with van der Waals surface area (Å²) in [4.78, 5) is 8.99. The van der Waals surface area contributed by atoms with Gasteiger partial charge in [0.05, 0.1) is 18.7 Å². The van der Waals surface area contributed by atoms with Crippen LogP contribution in [0.3, 0.4) is 0 Å². The van der Waals surface area contributed by atoms with Crippen molar-refractivity contribution in [2.75, 3.05) is 26.8 Å². The second-order valence-electron chi connectivity index (χ2n) is 4.60. The van der Waals surface area contributed by atoms with Crippen LogP contribution in [0.4, 0.5) is 0 Å². The minimum Gasteiger partial charge on any atom is -0.383 e. The van der Waals surface area contributed by atoms with Crippen molar-refractivity contribution in [3.8, 4) is 0 Å². The molecule has 0 saturated heterocycles. The van der Waals surface area contributed by atoms with Crippen LogP contribution in [0.1, 0.15) is 12.5 Å². The molecule has 2 rings (SSSR count). The number of guanidine groups is 1. The van der Waals surface area contributed by atoms with Gasteiger partial charge in [0, 0.05) is 31.8 Å². The quantitative estimate of drug-likeness (QED) is 0.484. The maximum absolute atomic E-state index is 5.04. The number of hydrogen-bond acceptors (Lipinski definition) is 3. The molecule has 1 aromatic heterocycles. The predicted molar refractivity (Wildman–Crippen MR) is 86.4 cm³/mol. The third kappa shape index (κ3) is 4.43. The van der Waals surface area contributed by atoms with E-state index in [1.54, 1.807) is 7.11 Å². The van der Waals surface area contributed by atoms with Crippen molar-refractivity contribution in [2.45, 2.75) is 13.5 Å². The third-order valence-electron chi connectivity index (χ3n) is 3.09. The number of aliphatic imine (C=N–C) groups is 1. The molecule has 0 amide bonds. The number of para-hydroxylation sites is 1. The number of aromatic nitrogens is 1.